The highest BCUT2D eigenvalue weighted by atomic mass is 31.1. The Hall–Kier alpha value is -1.38. The molecule has 4 atom stereocenters. The summed E-state index contributed by atoms with van der Waals surface area (Å²) in [6.45, 7) is 1.34. The Labute approximate surface area is 107 Å². The predicted molar refractivity (Wildman–Crippen MR) is 61.8 cm³/mol. The summed E-state index contributed by atoms with van der Waals surface area (Å²) >= 11 is 0. The summed E-state index contributed by atoms with van der Waals surface area (Å²) in [4.78, 5) is 33.7. The molecule has 0 spiro atoms. The van der Waals surface area contributed by atoms with Crippen LogP contribution in [0.1, 0.15) is 11.8 Å². The van der Waals surface area contributed by atoms with E-state index in [0.717, 1.165) is 4.57 Å². The second kappa shape index (κ2) is 5.32. The maximum absolute atomic E-state index is 11.7. The van der Waals surface area contributed by atoms with E-state index in [9.17, 15) is 19.3 Å². The fourth-order valence-corrected chi connectivity index (χ4v) is 2.27. The molecule has 0 amide bonds. The first-order valence-electron chi connectivity index (χ1n) is 5.35. The normalized spacial score (nSPS) is 27.5. The molecule has 9 nitrogen and oxygen atoms in total. The largest absolute Gasteiger partial charge is 0.695 e. The highest BCUT2D eigenvalue weighted by molar-refractivity contribution is 7.32. The second-order valence-corrected chi connectivity index (χ2v) is 4.76. The smallest absolute Gasteiger partial charge is 0.388 e. The average Bonchev–Trinajstić information content (AvgIpc) is 2.65. The number of aromatic amines is 1. The van der Waals surface area contributed by atoms with Gasteiger partial charge in [-0.25, -0.2) is 4.79 Å². The van der Waals surface area contributed by atoms with E-state index >= 15 is 0 Å². The van der Waals surface area contributed by atoms with Gasteiger partial charge in [0.15, 0.2) is 12.3 Å². The van der Waals surface area contributed by atoms with Crippen LogP contribution in [0.3, 0.4) is 0 Å². The average molecular weight is 291 g/mol. The molecule has 0 radical (unpaired) electrons. The first-order valence-corrected chi connectivity index (χ1v) is 6.48. The van der Waals surface area contributed by atoms with Gasteiger partial charge in [0.25, 0.3) is 5.56 Å². The SMILES string of the molecule is Cc1cn([C@@H]2OCC(O)C2O[P+](=O)O)c(=O)[nH]c1=O. The van der Waals surface area contributed by atoms with Gasteiger partial charge in [-0.2, -0.15) is 0 Å². The maximum atomic E-state index is 11.7. The van der Waals surface area contributed by atoms with Gasteiger partial charge in [-0.3, -0.25) is 14.3 Å². The third-order valence-corrected chi connectivity index (χ3v) is 3.15. The van der Waals surface area contributed by atoms with E-state index in [2.05, 4.69) is 9.51 Å². The van der Waals surface area contributed by atoms with Gasteiger partial charge >= 0.3 is 13.9 Å². The minimum atomic E-state index is -2.96. The van der Waals surface area contributed by atoms with E-state index in [0.29, 0.717) is 0 Å². The number of hydrogen-bond donors (Lipinski definition) is 3. The van der Waals surface area contributed by atoms with E-state index in [1.54, 1.807) is 0 Å². The Morgan fingerprint density at radius 3 is 2.89 bits per heavy atom. The van der Waals surface area contributed by atoms with Gasteiger partial charge in [-0.15, -0.1) is 9.42 Å². The Balaban J connectivity index is 2.40. The molecular formula is C9H12N2O7P+. The van der Waals surface area contributed by atoms with Crippen LogP contribution in [0.4, 0.5) is 0 Å². The lowest BCUT2D eigenvalue weighted by Gasteiger charge is -2.17. The maximum Gasteiger partial charge on any atom is 0.695 e. The standard InChI is InChI=1S/C9H11N2O7P/c1-4-2-11(9(14)10-7(4)13)8-6(18-19(15)16)5(12)3-17-8/h2,5-6,8,12H,3H2,1H3,(H-,10,13,14,15,16)/p+1/t5?,6?,8-/m1/s1. The van der Waals surface area contributed by atoms with Crippen LogP contribution in [0.25, 0.3) is 0 Å². The highest BCUT2D eigenvalue weighted by Gasteiger charge is 2.44. The van der Waals surface area contributed by atoms with Gasteiger partial charge in [0, 0.05) is 16.3 Å². The summed E-state index contributed by atoms with van der Waals surface area (Å²) in [6.07, 6.45) is -2.15. The molecule has 104 valence electrons. The lowest BCUT2D eigenvalue weighted by Crippen LogP contribution is -2.38. The number of nitrogens with zero attached hydrogens (tertiary/aromatic N) is 1. The molecule has 2 heterocycles. The quantitative estimate of drug-likeness (QED) is 0.594. The summed E-state index contributed by atoms with van der Waals surface area (Å²) < 4.78 is 21.5. The summed E-state index contributed by atoms with van der Waals surface area (Å²) in [5.41, 5.74) is -1.03. The number of aliphatic hydroxyl groups is 1. The number of ether oxygens (including phenoxy) is 1. The van der Waals surface area contributed by atoms with Crippen LogP contribution in [-0.2, 0) is 13.8 Å². The number of H-pyrrole nitrogens is 1. The first-order chi connectivity index (χ1) is 8.90. The zero-order valence-electron chi connectivity index (χ0n) is 9.85. The van der Waals surface area contributed by atoms with Crippen molar-refractivity contribution in [2.24, 2.45) is 0 Å². The van der Waals surface area contributed by atoms with Gasteiger partial charge in [-0.1, -0.05) is 0 Å². The van der Waals surface area contributed by atoms with Gasteiger partial charge < -0.3 is 9.84 Å². The van der Waals surface area contributed by atoms with Crippen molar-refractivity contribution >= 4 is 8.25 Å². The molecule has 1 aliphatic heterocycles. The minimum Gasteiger partial charge on any atom is -0.388 e. The lowest BCUT2D eigenvalue weighted by atomic mass is 10.2. The molecule has 19 heavy (non-hydrogen) atoms. The molecule has 3 N–H and O–H groups in total. The topological polar surface area (TPSA) is 131 Å². The minimum absolute atomic E-state index is 0.150. The second-order valence-electron chi connectivity index (χ2n) is 4.08. The predicted octanol–water partition coefficient (Wildman–Crippen LogP) is -1.23. The van der Waals surface area contributed by atoms with Crippen LogP contribution >= 0.6 is 8.25 Å². The van der Waals surface area contributed by atoms with Crippen molar-refractivity contribution in [3.8, 4) is 0 Å². The van der Waals surface area contributed by atoms with Crippen molar-refractivity contribution in [3.05, 3.63) is 32.6 Å². The fraction of sp³-hybridized carbons (Fsp3) is 0.556. The van der Waals surface area contributed by atoms with Crippen LogP contribution in [0.5, 0.6) is 0 Å². The molecule has 1 saturated heterocycles. The Kier molecular flexibility index (Phi) is 3.93. The van der Waals surface area contributed by atoms with Gasteiger partial charge in [0.1, 0.15) is 6.10 Å². The van der Waals surface area contributed by atoms with E-state index in [1.165, 1.54) is 13.1 Å². The van der Waals surface area contributed by atoms with E-state index in [4.69, 9.17) is 9.63 Å². The van der Waals surface area contributed by atoms with Gasteiger partial charge in [0.05, 0.1) is 6.61 Å². The van der Waals surface area contributed by atoms with Crippen molar-refractivity contribution in [1.82, 2.24) is 9.55 Å². The number of aryl methyl sites for hydroxylation is 1. The third kappa shape index (κ3) is 2.80. The van der Waals surface area contributed by atoms with E-state index < -0.39 is 37.9 Å². The van der Waals surface area contributed by atoms with Crippen LogP contribution in [-0.4, -0.2) is 38.4 Å². The van der Waals surface area contributed by atoms with Crippen LogP contribution in [0, 0.1) is 6.92 Å². The summed E-state index contributed by atoms with van der Waals surface area (Å²) in [7, 11) is -2.96. The summed E-state index contributed by atoms with van der Waals surface area (Å²) in [6, 6.07) is 0. The van der Waals surface area contributed by atoms with E-state index in [1.807, 2.05) is 0 Å². The number of nitrogens with one attached hydrogen (secondary N) is 1. The van der Waals surface area contributed by atoms with Crippen LogP contribution in [0.15, 0.2) is 15.8 Å². The molecule has 1 aromatic heterocycles. The summed E-state index contributed by atoms with van der Waals surface area (Å²) in [5, 5.41) is 9.61. The summed E-state index contributed by atoms with van der Waals surface area (Å²) in [5.74, 6) is 0. The molecule has 1 fully saturated rings. The fourth-order valence-electron chi connectivity index (χ4n) is 1.82. The van der Waals surface area contributed by atoms with Crippen LogP contribution in [0.2, 0.25) is 0 Å². The number of hydrogen-bond acceptors (Lipinski definition) is 6. The Morgan fingerprint density at radius 2 is 2.26 bits per heavy atom. The molecule has 0 saturated carbocycles. The monoisotopic (exact) mass is 291 g/mol. The van der Waals surface area contributed by atoms with Crippen LogP contribution < -0.4 is 11.2 Å². The highest BCUT2D eigenvalue weighted by Crippen LogP contribution is 2.32. The number of aliphatic hydroxyl groups excluding tert-OH is 1. The lowest BCUT2D eigenvalue weighted by molar-refractivity contribution is -0.00917. The molecular weight excluding hydrogens is 279 g/mol. The Bertz CT molecular complexity index is 609. The number of rotatable bonds is 3. The third-order valence-electron chi connectivity index (χ3n) is 2.73. The molecule has 2 rings (SSSR count). The zero-order chi connectivity index (χ0) is 14.2. The van der Waals surface area contributed by atoms with E-state index in [-0.39, 0.29) is 12.2 Å². The molecule has 1 aliphatic rings. The first kappa shape index (κ1) is 14.0. The van der Waals surface area contributed by atoms with Gasteiger partial charge in [-0.05, 0) is 6.92 Å². The zero-order valence-corrected chi connectivity index (χ0v) is 10.7. The number of aromatic nitrogens is 2. The molecule has 10 heteroatoms. The van der Waals surface area contributed by atoms with Crippen molar-refractivity contribution in [1.29, 1.82) is 0 Å². The Morgan fingerprint density at radius 1 is 1.58 bits per heavy atom. The van der Waals surface area contributed by atoms with Gasteiger partial charge in [0.2, 0.25) is 0 Å². The molecule has 3 unspecified atom stereocenters. The van der Waals surface area contributed by atoms with Crippen molar-refractivity contribution in [2.75, 3.05) is 6.61 Å². The van der Waals surface area contributed by atoms with Crippen molar-refractivity contribution in [3.63, 3.8) is 0 Å². The van der Waals surface area contributed by atoms with Crippen molar-refractivity contribution < 1.29 is 23.8 Å². The van der Waals surface area contributed by atoms with Crippen molar-refractivity contribution in [2.45, 2.75) is 25.4 Å². The molecule has 1 aromatic rings. The molecule has 0 aliphatic carbocycles. The molecule has 0 bridgehead atoms. The molecule has 0 aromatic carbocycles.